The van der Waals surface area contributed by atoms with Gasteiger partial charge in [-0.2, -0.15) is 0 Å². The number of aromatic nitrogens is 5. The lowest BCUT2D eigenvalue weighted by Crippen LogP contribution is -2.30. The molecule has 0 saturated carbocycles. The minimum Gasteiger partial charge on any atom is -0.373 e. The van der Waals surface area contributed by atoms with Crippen LogP contribution in [-0.4, -0.2) is 36.4 Å². The third kappa shape index (κ3) is 6.68. The number of hydrogen-bond donors (Lipinski definition) is 0. The van der Waals surface area contributed by atoms with Crippen molar-refractivity contribution in [1.29, 1.82) is 0 Å². The predicted octanol–water partition coefficient (Wildman–Crippen LogP) is 7.69. The van der Waals surface area contributed by atoms with E-state index in [1.165, 1.54) is 34.2 Å². The van der Waals surface area contributed by atoms with Gasteiger partial charge >= 0.3 is 0 Å². The van der Waals surface area contributed by atoms with E-state index in [2.05, 4.69) is 137 Å². The van der Waals surface area contributed by atoms with Gasteiger partial charge in [-0.15, -0.1) is 0 Å². The maximum Gasteiger partial charge on any atom is 0.137 e. The zero-order valence-electron chi connectivity index (χ0n) is 27.1. The van der Waals surface area contributed by atoms with E-state index in [9.17, 15) is 0 Å². The van der Waals surface area contributed by atoms with E-state index in [0.29, 0.717) is 19.8 Å². The molecule has 0 aliphatic rings. The van der Waals surface area contributed by atoms with Crippen molar-refractivity contribution >= 4 is 0 Å². The molecule has 7 heteroatoms. The molecule has 5 heterocycles. The van der Waals surface area contributed by atoms with Crippen LogP contribution >= 0.6 is 0 Å². The first kappa shape index (κ1) is 30.5. The summed E-state index contributed by atoms with van der Waals surface area (Å²) in [5.74, 6) is 1.86. The quantitative estimate of drug-likeness (QED) is 0.161. The lowest BCUT2D eigenvalue weighted by molar-refractivity contribution is -0.0214. The van der Waals surface area contributed by atoms with Gasteiger partial charge in [0.25, 0.3) is 0 Å². The van der Waals surface area contributed by atoms with Crippen LogP contribution in [0.25, 0.3) is 11.6 Å². The van der Waals surface area contributed by atoms with Gasteiger partial charge in [0.1, 0.15) is 11.6 Å². The van der Waals surface area contributed by atoms with Crippen molar-refractivity contribution in [3.63, 3.8) is 0 Å². The molecule has 0 saturated heterocycles. The van der Waals surface area contributed by atoms with Crippen LogP contribution in [0.5, 0.6) is 0 Å². The summed E-state index contributed by atoms with van der Waals surface area (Å²) in [6.45, 7) is 20.4. The Kier molecular flexibility index (Phi) is 9.04. The second-order valence-electron chi connectivity index (χ2n) is 12.0. The van der Waals surface area contributed by atoms with E-state index in [0.717, 1.165) is 34.2 Å². The Morgan fingerprint density at radius 1 is 0.581 bits per heavy atom. The van der Waals surface area contributed by atoms with Crippen molar-refractivity contribution in [2.75, 3.05) is 6.61 Å². The van der Waals surface area contributed by atoms with E-state index in [-0.39, 0.29) is 12.1 Å². The molecule has 5 aromatic rings. The normalized spacial score (nSPS) is 13.0. The summed E-state index contributed by atoms with van der Waals surface area (Å²) in [5.41, 5.74) is 11.2. The molecule has 226 valence electrons. The molecule has 0 bridgehead atoms. The summed E-state index contributed by atoms with van der Waals surface area (Å²) < 4.78 is 19.6. The van der Waals surface area contributed by atoms with Crippen LogP contribution in [-0.2, 0) is 22.7 Å². The minimum absolute atomic E-state index is 0.00793. The van der Waals surface area contributed by atoms with Crippen LogP contribution in [0.15, 0.2) is 60.7 Å². The lowest BCUT2D eigenvalue weighted by atomic mass is 10.1. The fraction of sp³-hybridized carbons (Fsp3) is 0.389. The smallest absolute Gasteiger partial charge is 0.137 e. The van der Waals surface area contributed by atoms with Gasteiger partial charge in [-0.1, -0.05) is 0 Å². The van der Waals surface area contributed by atoms with Gasteiger partial charge in [0.15, 0.2) is 0 Å². The molecule has 0 fully saturated rings. The molecule has 0 aliphatic heterocycles. The number of pyridine rings is 2. The molecular weight excluding hydrogens is 534 g/mol. The molecule has 0 unspecified atom stereocenters. The van der Waals surface area contributed by atoms with Gasteiger partial charge in [0.05, 0.1) is 43.4 Å². The Morgan fingerprint density at radius 3 is 1.47 bits per heavy atom. The summed E-state index contributed by atoms with van der Waals surface area (Å²) >= 11 is 0. The van der Waals surface area contributed by atoms with Gasteiger partial charge in [-0.3, -0.25) is 0 Å². The third-order valence-electron chi connectivity index (χ3n) is 8.25. The third-order valence-corrected chi connectivity index (χ3v) is 8.25. The lowest BCUT2D eigenvalue weighted by Gasteiger charge is -2.28. The van der Waals surface area contributed by atoms with Crippen LogP contribution < -0.4 is 0 Å². The standard InChI is InChI=1S/C36H45N5O2/c1-23-16-32(37-35(18-23)40-27(5)12-13-28(40)6)20-42-22-34(39-25(3)10-11-26(39)4)31(9)43-21-33-17-24(2)19-36(38-33)41-29(7)14-15-30(41)8/h10-19,31,34H,20-22H2,1-9H3/t31-,34-/m1/s1. The molecule has 5 rings (SSSR count). The molecule has 2 atom stereocenters. The zero-order valence-corrected chi connectivity index (χ0v) is 27.1. The predicted molar refractivity (Wildman–Crippen MR) is 172 cm³/mol. The van der Waals surface area contributed by atoms with Crippen LogP contribution in [0.2, 0.25) is 0 Å². The van der Waals surface area contributed by atoms with Crippen LogP contribution in [0.3, 0.4) is 0 Å². The summed E-state index contributed by atoms with van der Waals surface area (Å²) in [6.07, 6.45) is -0.114. The average Bonchev–Trinajstić information content (AvgIpc) is 3.59. The first-order chi connectivity index (χ1) is 20.5. The number of aryl methyl sites for hydroxylation is 8. The van der Waals surface area contributed by atoms with Crippen LogP contribution in [0.4, 0.5) is 0 Å². The summed E-state index contributed by atoms with van der Waals surface area (Å²) in [7, 11) is 0. The number of rotatable bonds is 11. The van der Waals surface area contributed by atoms with Gasteiger partial charge in [0.2, 0.25) is 0 Å². The molecule has 43 heavy (non-hydrogen) atoms. The number of ether oxygens (including phenoxy) is 2. The van der Waals surface area contributed by atoms with Gasteiger partial charge in [-0.25, -0.2) is 9.97 Å². The van der Waals surface area contributed by atoms with E-state index in [1.54, 1.807) is 0 Å². The monoisotopic (exact) mass is 579 g/mol. The first-order valence-corrected chi connectivity index (χ1v) is 15.1. The molecule has 0 radical (unpaired) electrons. The van der Waals surface area contributed by atoms with Gasteiger partial charge < -0.3 is 23.2 Å². The first-order valence-electron chi connectivity index (χ1n) is 15.1. The van der Waals surface area contributed by atoms with Crippen molar-refractivity contribution in [3.8, 4) is 11.6 Å². The van der Waals surface area contributed by atoms with E-state index in [4.69, 9.17) is 19.4 Å². The maximum atomic E-state index is 6.54. The molecule has 0 spiro atoms. The highest BCUT2D eigenvalue weighted by Crippen LogP contribution is 2.24. The molecule has 0 aromatic carbocycles. The van der Waals surface area contributed by atoms with Crippen LogP contribution in [0.1, 0.15) is 69.6 Å². The molecule has 7 nitrogen and oxygen atoms in total. The fourth-order valence-electron chi connectivity index (χ4n) is 6.11. The molecule has 0 N–H and O–H groups in total. The summed E-state index contributed by atoms with van der Waals surface area (Å²) in [5, 5.41) is 0. The Hall–Kier alpha value is -3.94. The molecule has 0 aliphatic carbocycles. The van der Waals surface area contributed by atoms with Gasteiger partial charge in [-0.05, 0) is 134 Å². The molecule has 5 aromatic heterocycles. The average molecular weight is 580 g/mol. The second-order valence-corrected chi connectivity index (χ2v) is 12.0. The largest absolute Gasteiger partial charge is 0.373 e. The molecule has 0 amide bonds. The van der Waals surface area contributed by atoms with Crippen LogP contribution in [0, 0.1) is 55.4 Å². The topological polar surface area (TPSA) is 59.0 Å². The fourth-order valence-corrected chi connectivity index (χ4v) is 6.11. The summed E-state index contributed by atoms with van der Waals surface area (Å²) in [6, 6.07) is 21.3. The molecular formula is C36H45N5O2. The van der Waals surface area contributed by atoms with Crippen molar-refractivity contribution in [3.05, 3.63) is 117 Å². The summed E-state index contributed by atoms with van der Waals surface area (Å²) in [4.78, 5) is 9.92. The van der Waals surface area contributed by atoms with Crippen molar-refractivity contribution in [1.82, 2.24) is 23.7 Å². The van der Waals surface area contributed by atoms with Gasteiger partial charge in [0, 0.05) is 34.2 Å². The second kappa shape index (κ2) is 12.7. The maximum absolute atomic E-state index is 6.54. The minimum atomic E-state index is -0.114. The van der Waals surface area contributed by atoms with Crippen molar-refractivity contribution in [2.45, 2.75) is 87.7 Å². The highest BCUT2D eigenvalue weighted by Gasteiger charge is 2.23. The van der Waals surface area contributed by atoms with E-state index >= 15 is 0 Å². The Bertz CT molecular complexity index is 1670. The Morgan fingerprint density at radius 2 is 1.00 bits per heavy atom. The van der Waals surface area contributed by atoms with Crippen molar-refractivity contribution in [2.24, 2.45) is 0 Å². The van der Waals surface area contributed by atoms with E-state index < -0.39 is 0 Å². The Labute approximate surface area is 256 Å². The zero-order chi connectivity index (χ0) is 30.8. The number of hydrogen-bond acceptors (Lipinski definition) is 4. The number of nitrogens with zero attached hydrogens (tertiary/aromatic N) is 5. The van der Waals surface area contributed by atoms with E-state index in [1.807, 2.05) is 0 Å². The SMILES string of the molecule is Cc1cc(COC[C@H]([C@@H](C)OCc2cc(C)cc(-n3c(C)ccc3C)n2)n2c(C)ccc2C)nc(-n2c(C)ccc2C)c1. The van der Waals surface area contributed by atoms with Crippen molar-refractivity contribution < 1.29 is 9.47 Å². The highest BCUT2D eigenvalue weighted by molar-refractivity contribution is 5.37. The highest BCUT2D eigenvalue weighted by atomic mass is 16.5. The Balaban J connectivity index is 1.32.